The molecular weight excluding hydrogens is 374 g/mol. The summed E-state index contributed by atoms with van der Waals surface area (Å²) in [6, 6.07) is 25.6. The molecule has 156 valence electrons. The van der Waals surface area contributed by atoms with Gasteiger partial charge in [0, 0.05) is 32.0 Å². The summed E-state index contributed by atoms with van der Waals surface area (Å²) in [4.78, 5) is 16.9. The maximum atomic E-state index is 13.1. The number of amides is 2. The van der Waals surface area contributed by atoms with Crippen molar-refractivity contribution in [3.05, 3.63) is 90.0 Å². The van der Waals surface area contributed by atoms with E-state index in [1.165, 1.54) is 0 Å². The molecule has 30 heavy (non-hydrogen) atoms. The molecule has 0 radical (unpaired) electrons. The fraction of sp³-hybridized carbons (Fsp3) is 0.240. The Labute approximate surface area is 178 Å². The summed E-state index contributed by atoms with van der Waals surface area (Å²) in [6.45, 7) is 3.52. The zero-order chi connectivity index (χ0) is 21.3. The summed E-state index contributed by atoms with van der Waals surface area (Å²) in [6.07, 6.45) is 0. The predicted molar refractivity (Wildman–Crippen MR) is 123 cm³/mol. The Morgan fingerprint density at radius 2 is 1.47 bits per heavy atom. The highest BCUT2D eigenvalue weighted by Crippen LogP contribution is 2.23. The molecule has 0 bridgehead atoms. The van der Waals surface area contributed by atoms with Gasteiger partial charge in [0.2, 0.25) is 0 Å². The standard InChI is InChI=1S/C25H29N3O2/c1-4-30-24-16-14-23(15-17-24)28(19-21-10-12-22(13-11-21)27(2)3)25(29)26-18-20-8-6-5-7-9-20/h5-17H,4,18-19H2,1-3H3,(H,26,29). The lowest BCUT2D eigenvalue weighted by molar-refractivity contribution is 0.245. The van der Waals surface area contributed by atoms with Gasteiger partial charge in [0.1, 0.15) is 5.75 Å². The Hall–Kier alpha value is -3.47. The molecule has 3 aromatic rings. The molecule has 0 heterocycles. The Kier molecular flexibility index (Phi) is 7.33. The monoisotopic (exact) mass is 403 g/mol. The highest BCUT2D eigenvalue weighted by Gasteiger charge is 2.16. The maximum absolute atomic E-state index is 13.1. The van der Waals surface area contributed by atoms with E-state index >= 15 is 0 Å². The molecule has 1 N–H and O–H groups in total. The van der Waals surface area contributed by atoms with Crippen LogP contribution < -0.4 is 19.9 Å². The van der Waals surface area contributed by atoms with E-state index < -0.39 is 0 Å². The predicted octanol–water partition coefficient (Wildman–Crippen LogP) is 5.07. The normalized spacial score (nSPS) is 10.4. The molecule has 5 heteroatoms. The zero-order valence-corrected chi connectivity index (χ0v) is 17.8. The van der Waals surface area contributed by atoms with Crippen molar-refractivity contribution in [3.8, 4) is 5.75 Å². The van der Waals surface area contributed by atoms with E-state index in [1.54, 1.807) is 4.90 Å². The van der Waals surface area contributed by atoms with Gasteiger partial charge in [-0.3, -0.25) is 4.90 Å². The third-order valence-corrected chi connectivity index (χ3v) is 4.78. The van der Waals surface area contributed by atoms with E-state index in [-0.39, 0.29) is 6.03 Å². The topological polar surface area (TPSA) is 44.8 Å². The number of hydrogen-bond donors (Lipinski definition) is 1. The van der Waals surface area contributed by atoms with Crippen molar-refractivity contribution >= 4 is 17.4 Å². The van der Waals surface area contributed by atoms with Crippen LogP contribution in [0.25, 0.3) is 0 Å². The molecule has 3 aromatic carbocycles. The van der Waals surface area contributed by atoms with Crippen molar-refractivity contribution in [3.63, 3.8) is 0 Å². The Bertz CT molecular complexity index is 923. The molecule has 0 atom stereocenters. The van der Waals surface area contributed by atoms with Crippen LogP contribution in [0.3, 0.4) is 0 Å². The minimum atomic E-state index is -0.139. The van der Waals surface area contributed by atoms with E-state index in [0.29, 0.717) is 19.7 Å². The van der Waals surface area contributed by atoms with Crippen molar-refractivity contribution in [2.24, 2.45) is 0 Å². The Morgan fingerprint density at radius 1 is 0.833 bits per heavy atom. The van der Waals surface area contributed by atoms with Gasteiger partial charge in [-0.1, -0.05) is 42.5 Å². The molecular formula is C25H29N3O2. The van der Waals surface area contributed by atoms with Gasteiger partial charge in [-0.2, -0.15) is 0 Å². The summed E-state index contributed by atoms with van der Waals surface area (Å²) >= 11 is 0. The number of benzene rings is 3. The first kappa shape index (κ1) is 21.2. The van der Waals surface area contributed by atoms with Crippen molar-refractivity contribution in [1.29, 1.82) is 0 Å². The van der Waals surface area contributed by atoms with E-state index in [9.17, 15) is 4.79 Å². The fourth-order valence-electron chi connectivity index (χ4n) is 3.12. The largest absolute Gasteiger partial charge is 0.494 e. The van der Waals surface area contributed by atoms with Crippen LogP contribution in [0.15, 0.2) is 78.9 Å². The van der Waals surface area contributed by atoms with Crippen molar-refractivity contribution in [2.45, 2.75) is 20.0 Å². The number of carbonyl (C=O) groups is 1. The summed E-state index contributed by atoms with van der Waals surface area (Å²) in [7, 11) is 4.02. The van der Waals surface area contributed by atoms with Crippen LogP contribution in [-0.2, 0) is 13.1 Å². The molecule has 0 aliphatic rings. The molecule has 0 spiro atoms. The second kappa shape index (κ2) is 10.3. The van der Waals surface area contributed by atoms with Crippen LogP contribution in [0.4, 0.5) is 16.2 Å². The summed E-state index contributed by atoms with van der Waals surface area (Å²) in [5.41, 5.74) is 4.07. The van der Waals surface area contributed by atoms with Gasteiger partial charge < -0.3 is 15.0 Å². The van der Waals surface area contributed by atoms with Crippen LogP contribution in [0.2, 0.25) is 0 Å². The molecule has 0 aliphatic heterocycles. The van der Waals surface area contributed by atoms with E-state index in [1.807, 2.05) is 75.6 Å². The minimum Gasteiger partial charge on any atom is -0.494 e. The van der Waals surface area contributed by atoms with E-state index in [2.05, 4.69) is 34.5 Å². The first-order chi connectivity index (χ1) is 14.6. The highest BCUT2D eigenvalue weighted by molar-refractivity contribution is 5.92. The van der Waals surface area contributed by atoms with Gasteiger partial charge in [-0.05, 0) is 54.4 Å². The van der Waals surface area contributed by atoms with Crippen LogP contribution in [0.1, 0.15) is 18.1 Å². The van der Waals surface area contributed by atoms with Crippen LogP contribution in [0, 0.1) is 0 Å². The maximum Gasteiger partial charge on any atom is 0.322 e. The van der Waals surface area contributed by atoms with Crippen LogP contribution >= 0.6 is 0 Å². The first-order valence-electron chi connectivity index (χ1n) is 10.1. The number of nitrogens with one attached hydrogen (secondary N) is 1. The fourth-order valence-corrected chi connectivity index (χ4v) is 3.12. The quantitative estimate of drug-likeness (QED) is 0.571. The molecule has 0 aliphatic carbocycles. The van der Waals surface area contributed by atoms with Gasteiger partial charge >= 0.3 is 6.03 Å². The number of carbonyl (C=O) groups excluding carboxylic acids is 1. The molecule has 0 unspecified atom stereocenters. The molecule has 3 rings (SSSR count). The molecule has 5 nitrogen and oxygen atoms in total. The third kappa shape index (κ3) is 5.77. The lowest BCUT2D eigenvalue weighted by atomic mass is 10.1. The number of rotatable bonds is 8. The first-order valence-corrected chi connectivity index (χ1v) is 10.1. The SMILES string of the molecule is CCOc1ccc(N(Cc2ccc(N(C)C)cc2)C(=O)NCc2ccccc2)cc1. The smallest absolute Gasteiger partial charge is 0.322 e. The third-order valence-electron chi connectivity index (χ3n) is 4.78. The number of anilines is 2. The van der Waals surface area contributed by atoms with Gasteiger partial charge in [0.15, 0.2) is 0 Å². The lowest BCUT2D eigenvalue weighted by Gasteiger charge is -2.24. The average Bonchev–Trinajstić information content (AvgIpc) is 2.78. The van der Waals surface area contributed by atoms with Gasteiger partial charge in [-0.25, -0.2) is 4.79 Å². The lowest BCUT2D eigenvalue weighted by Crippen LogP contribution is -2.39. The van der Waals surface area contributed by atoms with Gasteiger partial charge in [0.25, 0.3) is 0 Å². The number of nitrogens with zero attached hydrogens (tertiary/aromatic N) is 2. The van der Waals surface area contributed by atoms with Crippen molar-refractivity contribution in [1.82, 2.24) is 5.32 Å². The van der Waals surface area contributed by atoms with Crippen molar-refractivity contribution in [2.75, 3.05) is 30.5 Å². The zero-order valence-electron chi connectivity index (χ0n) is 17.8. The van der Waals surface area contributed by atoms with Crippen molar-refractivity contribution < 1.29 is 9.53 Å². The summed E-state index contributed by atoms with van der Waals surface area (Å²) < 4.78 is 5.54. The molecule has 0 aromatic heterocycles. The Morgan fingerprint density at radius 3 is 2.07 bits per heavy atom. The Balaban J connectivity index is 1.78. The summed E-state index contributed by atoms with van der Waals surface area (Å²) in [5.74, 6) is 0.793. The number of urea groups is 1. The molecule has 0 saturated heterocycles. The number of hydrogen-bond acceptors (Lipinski definition) is 3. The number of ether oxygens (including phenoxy) is 1. The van der Waals surface area contributed by atoms with Gasteiger partial charge in [-0.15, -0.1) is 0 Å². The molecule has 0 fully saturated rings. The van der Waals surface area contributed by atoms with Crippen LogP contribution in [0.5, 0.6) is 5.75 Å². The molecule has 0 saturated carbocycles. The van der Waals surface area contributed by atoms with Crippen LogP contribution in [-0.4, -0.2) is 26.7 Å². The highest BCUT2D eigenvalue weighted by atomic mass is 16.5. The minimum absolute atomic E-state index is 0.139. The van der Waals surface area contributed by atoms with E-state index in [0.717, 1.165) is 28.3 Å². The molecule has 2 amide bonds. The summed E-state index contributed by atoms with van der Waals surface area (Å²) in [5, 5.41) is 3.03. The van der Waals surface area contributed by atoms with E-state index in [4.69, 9.17) is 4.74 Å². The second-order valence-corrected chi connectivity index (χ2v) is 7.22. The van der Waals surface area contributed by atoms with Gasteiger partial charge in [0.05, 0.1) is 13.2 Å². The average molecular weight is 404 g/mol. The second-order valence-electron chi connectivity index (χ2n) is 7.22.